The summed E-state index contributed by atoms with van der Waals surface area (Å²) in [6, 6.07) is 21.8. The van der Waals surface area contributed by atoms with E-state index in [2.05, 4.69) is 5.32 Å². The zero-order valence-electron chi connectivity index (χ0n) is 18.6. The molecule has 3 aromatic carbocycles. The molecule has 1 fully saturated rings. The number of hydrogen-bond donors (Lipinski definition) is 1. The van der Waals surface area contributed by atoms with Crippen LogP contribution < -0.4 is 24.4 Å². The second-order valence-corrected chi connectivity index (χ2v) is 7.73. The third kappa shape index (κ3) is 4.92. The Labute approximate surface area is 202 Å². The van der Waals surface area contributed by atoms with Crippen LogP contribution in [0.5, 0.6) is 17.2 Å². The number of hydrogen-bond acceptors (Lipinski definition) is 6. The number of ether oxygens (including phenoxy) is 3. The van der Waals surface area contributed by atoms with E-state index < -0.39 is 11.8 Å². The van der Waals surface area contributed by atoms with Gasteiger partial charge < -0.3 is 14.2 Å². The highest BCUT2D eigenvalue weighted by molar-refractivity contribution is 7.80. The predicted octanol–water partition coefficient (Wildman–Crippen LogP) is 4.11. The van der Waals surface area contributed by atoms with Crippen LogP contribution in [0.3, 0.4) is 0 Å². The highest BCUT2D eigenvalue weighted by Crippen LogP contribution is 2.31. The van der Waals surface area contributed by atoms with Crippen molar-refractivity contribution in [3.05, 3.63) is 89.5 Å². The molecule has 0 spiro atoms. The van der Waals surface area contributed by atoms with Crippen LogP contribution in [0.4, 0.5) is 5.69 Å². The summed E-state index contributed by atoms with van der Waals surface area (Å²) in [5, 5.41) is 2.59. The lowest BCUT2D eigenvalue weighted by Crippen LogP contribution is -2.54. The second-order valence-electron chi connectivity index (χ2n) is 7.34. The molecule has 7 nitrogen and oxygen atoms in total. The standard InChI is InChI=1S/C26H22N2O5S/c1-31-20-11-9-19(10-12-20)28-25(30)21(24(29)27-26(28)34)14-18-8-13-22(23(15-18)32-2)33-16-17-6-4-3-5-7-17/h3-15H,16H2,1-2H3,(H,27,29,34)/b21-14+. The molecule has 8 heteroatoms. The normalized spacial score (nSPS) is 14.7. The average Bonchev–Trinajstić information content (AvgIpc) is 2.86. The number of methoxy groups -OCH3 is 2. The maximum absolute atomic E-state index is 13.2. The summed E-state index contributed by atoms with van der Waals surface area (Å²) < 4.78 is 16.5. The van der Waals surface area contributed by atoms with Crippen molar-refractivity contribution >= 4 is 40.9 Å². The number of thiocarbonyl (C=S) groups is 1. The van der Waals surface area contributed by atoms with E-state index in [1.54, 1.807) is 49.6 Å². The topological polar surface area (TPSA) is 77.1 Å². The van der Waals surface area contributed by atoms with Crippen LogP contribution in [-0.2, 0) is 16.2 Å². The molecule has 1 saturated heterocycles. The van der Waals surface area contributed by atoms with Gasteiger partial charge in [-0.05, 0) is 65.8 Å². The van der Waals surface area contributed by atoms with Crippen LogP contribution in [0.15, 0.2) is 78.4 Å². The molecule has 34 heavy (non-hydrogen) atoms. The van der Waals surface area contributed by atoms with Gasteiger partial charge in [0.25, 0.3) is 11.8 Å². The Morgan fingerprint density at radius 3 is 2.32 bits per heavy atom. The number of amides is 2. The first-order valence-corrected chi connectivity index (χ1v) is 10.8. The van der Waals surface area contributed by atoms with E-state index in [0.717, 1.165) is 5.56 Å². The number of nitrogens with zero attached hydrogens (tertiary/aromatic N) is 1. The number of carbonyl (C=O) groups is 2. The Bertz CT molecular complexity index is 1260. The van der Waals surface area contributed by atoms with E-state index in [0.29, 0.717) is 35.1 Å². The lowest BCUT2D eigenvalue weighted by Gasteiger charge is -2.29. The van der Waals surface area contributed by atoms with Crippen LogP contribution in [0.2, 0.25) is 0 Å². The molecule has 0 radical (unpaired) electrons. The van der Waals surface area contributed by atoms with E-state index in [-0.39, 0.29) is 10.7 Å². The summed E-state index contributed by atoms with van der Waals surface area (Å²) in [5.41, 5.74) is 2.09. The summed E-state index contributed by atoms with van der Waals surface area (Å²) in [4.78, 5) is 27.1. The summed E-state index contributed by atoms with van der Waals surface area (Å²) in [6.45, 7) is 0.382. The minimum absolute atomic E-state index is 0.0135. The second kappa shape index (κ2) is 10.2. The Balaban J connectivity index is 1.59. The van der Waals surface area contributed by atoms with Gasteiger partial charge in [-0.1, -0.05) is 36.4 Å². The fourth-order valence-corrected chi connectivity index (χ4v) is 3.70. The van der Waals surface area contributed by atoms with Gasteiger partial charge in [-0.25, -0.2) is 0 Å². The van der Waals surface area contributed by atoms with Gasteiger partial charge in [-0.2, -0.15) is 0 Å². The van der Waals surface area contributed by atoms with Gasteiger partial charge in [0.15, 0.2) is 16.6 Å². The van der Waals surface area contributed by atoms with Gasteiger partial charge in [-0.3, -0.25) is 19.8 Å². The molecule has 0 bridgehead atoms. The van der Waals surface area contributed by atoms with Crippen molar-refractivity contribution < 1.29 is 23.8 Å². The number of anilines is 1. The molecule has 1 N–H and O–H groups in total. The maximum Gasteiger partial charge on any atom is 0.270 e. The van der Waals surface area contributed by atoms with Gasteiger partial charge in [0.2, 0.25) is 0 Å². The van der Waals surface area contributed by atoms with Gasteiger partial charge in [0, 0.05) is 0 Å². The molecule has 1 aliphatic heterocycles. The van der Waals surface area contributed by atoms with Crippen LogP contribution in [-0.4, -0.2) is 31.1 Å². The molecule has 0 saturated carbocycles. The molecule has 3 aromatic rings. The van der Waals surface area contributed by atoms with Crippen molar-refractivity contribution in [1.29, 1.82) is 0 Å². The van der Waals surface area contributed by atoms with Crippen molar-refractivity contribution in [3.63, 3.8) is 0 Å². The first-order valence-electron chi connectivity index (χ1n) is 10.4. The summed E-state index contributed by atoms with van der Waals surface area (Å²) >= 11 is 5.25. The molecule has 172 valence electrons. The number of rotatable bonds is 7. The average molecular weight is 475 g/mol. The highest BCUT2D eigenvalue weighted by Gasteiger charge is 2.34. The highest BCUT2D eigenvalue weighted by atomic mass is 32.1. The SMILES string of the molecule is COc1ccc(N2C(=O)/C(=C/c3ccc(OCc4ccccc4)c(OC)c3)C(=O)NC2=S)cc1. The molecule has 4 rings (SSSR count). The van der Waals surface area contributed by atoms with E-state index in [1.807, 2.05) is 30.3 Å². The number of benzene rings is 3. The number of nitrogens with one attached hydrogen (secondary N) is 1. The van der Waals surface area contributed by atoms with E-state index in [4.69, 9.17) is 26.4 Å². The van der Waals surface area contributed by atoms with Gasteiger partial charge in [0.1, 0.15) is 17.9 Å². The Kier molecular flexibility index (Phi) is 6.89. The molecule has 0 aromatic heterocycles. The predicted molar refractivity (Wildman–Crippen MR) is 133 cm³/mol. The van der Waals surface area contributed by atoms with Crippen LogP contribution in [0.25, 0.3) is 6.08 Å². The molecule has 2 amide bonds. The van der Waals surface area contributed by atoms with E-state index in [1.165, 1.54) is 18.1 Å². The van der Waals surface area contributed by atoms with Crippen molar-refractivity contribution in [2.75, 3.05) is 19.1 Å². The first-order chi connectivity index (χ1) is 16.5. The third-order valence-corrected chi connectivity index (χ3v) is 5.45. The fraction of sp³-hybridized carbons (Fsp3) is 0.115. The zero-order valence-corrected chi connectivity index (χ0v) is 19.4. The lowest BCUT2D eigenvalue weighted by atomic mass is 10.1. The minimum Gasteiger partial charge on any atom is -0.497 e. The molecule has 0 unspecified atom stereocenters. The van der Waals surface area contributed by atoms with Gasteiger partial charge in [-0.15, -0.1) is 0 Å². The summed E-state index contributed by atoms with van der Waals surface area (Å²) in [5.74, 6) is 0.580. The Morgan fingerprint density at radius 2 is 1.65 bits per heavy atom. The lowest BCUT2D eigenvalue weighted by molar-refractivity contribution is -0.122. The Hall–Kier alpha value is -4.17. The molecule has 1 aliphatic rings. The van der Waals surface area contributed by atoms with Crippen LogP contribution >= 0.6 is 12.2 Å². The van der Waals surface area contributed by atoms with Crippen molar-refractivity contribution in [2.45, 2.75) is 6.61 Å². The molecular weight excluding hydrogens is 452 g/mol. The molecular formula is C26H22N2O5S. The third-order valence-electron chi connectivity index (χ3n) is 5.17. The fourth-order valence-electron chi connectivity index (χ4n) is 3.42. The quantitative estimate of drug-likeness (QED) is 0.316. The van der Waals surface area contributed by atoms with Crippen molar-refractivity contribution in [3.8, 4) is 17.2 Å². The largest absolute Gasteiger partial charge is 0.497 e. The first kappa shape index (κ1) is 23.0. The number of carbonyl (C=O) groups excluding carboxylic acids is 2. The maximum atomic E-state index is 13.2. The van der Waals surface area contributed by atoms with Crippen molar-refractivity contribution in [2.24, 2.45) is 0 Å². The van der Waals surface area contributed by atoms with Crippen LogP contribution in [0, 0.1) is 0 Å². The van der Waals surface area contributed by atoms with Crippen LogP contribution in [0.1, 0.15) is 11.1 Å². The molecule has 0 aliphatic carbocycles. The monoisotopic (exact) mass is 474 g/mol. The van der Waals surface area contributed by atoms with E-state index in [9.17, 15) is 9.59 Å². The summed E-state index contributed by atoms with van der Waals surface area (Å²) in [6.07, 6.45) is 1.50. The van der Waals surface area contributed by atoms with Gasteiger partial charge >= 0.3 is 0 Å². The minimum atomic E-state index is -0.567. The Morgan fingerprint density at radius 1 is 0.912 bits per heavy atom. The van der Waals surface area contributed by atoms with Gasteiger partial charge in [0.05, 0.1) is 19.9 Å². The smallest absolute Gasteiger partial charge is 0.270 e. The zero-order chi connectivity index (χ0) is 24.1. The molecule has 0 atom stereocenters. The van der Waals surface area contributed by atoms with E-state index >= 15 is 0 Å². The van der Waals surface area contributed by atoms with Crippen molar-refractivity contribution in [1.82, 2.24) is 5.32 Å². The summed E-state index contributed by atoms with van der Waals surface area (Å²) in [7, 11) is 3.09. The molecule has 1 heterocycles.